The van der Waals surface area contributed by atoms with Gasteiger partial charge in [-0.15, -0.1) is 0 Å². The monoisotopic (exact) mass is 670 g/mol. The minimum Gasteiger partial charge on any atom is -0.350 e. The molecule has 0 bridgehead atoms. The van der Waals surface area contributed by atoms with Crippen molar-refractivity contribution < 1.29 is 31.2 Å². The van der Waals surface area contributed by atoms with Crippen LogP contribution in [0.3, 0.4) is 0 Å². The lowest BCUT2D eigenvalue weighted by molar-refractivity contribution is -0.138. The molecule has 2 aromatic carbocycles. The van der Waals surface area contributed by atoms with Gasteiger partial charge in [0.05, 0.1) is 21.8 Å². The van der Waals surface area contributed by atoms with E-state index in [0.29, 0.717) is 13.1 Å². The summed E-state index contributed by atoms with van der Waals surface area (Å²) < 4.78 is 67.6. The summed E-state index contributed by atoms with van der Waals surface area (Å²) >= 11 is 6.04. The molecule has 0 radical (unpaired) electrons. The second-order valence-electron chi connectivity index (χ2n) is 12.4. The Labute approximate surface area is 268 Å². The van der Waals surface area contributed by atoms with E-state index in [0.717, 1.165) is 51.3 Å². The summed E-state index contributed by atoms with van der Waals surface area (Å²) in [5, 5.41) is 5.95. The van der Waals surface area contributed by atoms with E-state index in [1.807, 2.05) is 18.7 Å². The summed E-state index contributed by atoms with van der Waals surface area (Å²) in [6.45, 7) is 7.86. The number of hydrogen-bond donors (Lipinski definition) is 2. The molecule has 0 saturated carbocycles. The van der Waals surface area contributed by atoms with Crippen molar-refractivity contribution in [2.45, 2.75) is 88.6 Å². The summed E-state index contributed by atoms with van der Waals surface area (Å²) in [4.78, 5) is 30.3. The largest absolute Gasteiger partial charge is 0.416 e. The van der Waals surface area contributed by atoms with Crippen LogP contribution in [0, 0.1) is 0 Å². The Balaban J connectivity index is 1.44. The molecule has 2 aliphatic rings. The smallest absolute Gasteiger partial charge is 0.350 e. The van der Waals surface area contributed by atoms with Crippen LogP contribution < -0.4 is 10.6 Å². The zero-order valence-electron chi connectivity index (χ0n) is 26.0. The normalized spacial score (nSPS) is 18.9. The second kappa shape index (κ2) is 14.4. The number of nitrogens with zero attached hydrogens (tertiary/aromatic N) is 2. The first-order chi connectivity index (χ1) is 21.1. The number of nitrogens with one attached hydrogen (secondary N) is 2. The Hall–Kier alpha value is -2.67. The van der Waals surface area contributed by atoms with Crippen LogP contribution in [0.5, 0.6) is 0 Å². The predicted octanol–water partition coefficient (Wildman–Crippen LogP) is 5.43. The number of likely N-dealkylation sites (tertiary alicyclic amines) is 2. The van der Waals surface area contributed by atoms with E-state index < -0.39 is 33.0 Å². The average molecular weight is 671 g/mol. The number of rotatable bonds is 10. The van der Waals surface area contributed by atoms with Crippen LogP contribution in [-0.4, -0.2) is 73.5 Å². The zero-order chi connectivity index (χ0) is 33.0. The number of sulfone groups is 1. The first kappa shape index (κ1) is 35.2. The molecule has 1 atom stereocenters. The van der Waals surface area contributed by atoms with Crippen molar-refractivity contribution in [1.82, 2.24) is 20.4 Å². The number of amides is 2. The molecule has 45 heavy (non-hydrogen) atoms. The summed E-state index contributed by atoms with van der Waals surface area (Å²) in [6.07, 6.45) is 0.0488. The summed E-state index contributed by atoms with van der Waals surface area (Å²) in [5.74, 6) is -1.00. The van der Waals surface area contributed by atoms with E-state index in [9.17, 15) is 31.2 Å². The molecule has 0 unspecified atom stereocenters. The van der Waals surface area contributed by atoms with Gasteiger partial charge in [-0.1, -0.05) is 31.0 Å². The average Bonchev–Trinajstić information content (AvgIpc) is 3.00. The standard InChI is InChI=1S/C32H42ClF3N4O4S/c1-4-45(43,44)28-13-12-25(33)17-24(28)19-37-29(41)22-10-11-23(27(18-22)32(34,35)36)20-39-14-8-9-26(21-39)38-30(42)31(2,3)40-15-6-5-7-16-40/h10-13,17-18,26H,4-9,14-16,19-21H2,1-3H3,(H,37,41)(H,38,42)/t26-/m0/s1. The maximum atomic E-state index is 14.2. The fourth-order valence-electron chi connectivity index (χ4n) is 6.06. The number of carbonyl (C=O) groups excluding carboxylic acids is 2. The molecule has 0 aliphatic carbocycles. The van der Waals surface area contributed by atoms with Crippen LogP contribution in [0.25, 0.3) is 0 Å². The molecule has 2 saturated heterocycles. The van der Waals surface area contributed by atoms with Crippen molar-refractivity contribution in [3.05, 3.63) is 63.7 Å². The minimum absolute atomic E-state index is 0.00659. The molecule has 2 heterocycles. The van der Waals surface area contributed by atoms with Crippen LogP contribution in [0.2, 0.25) is 5.02 Å². The highest BCUT2D eigenvalue weighted by Gasteiger charge is 2.38. The van der Waals surface area contributed by atoms with Crippen molar-refractivity contribution in [2.24, 2.45) is 0 Å². The third kappa shape index (κ3) is 8.78. The van der Waals surface area contributed by atoms with Crippen molar-refractivity contribution >= 4 is 33.3 Å². The maximum Gasteiger partial charge on any atom is 0.416 e. The van der Waals surface area contributed by atoms with E-state index in [4.69, 9.17) is 11.6 Å². The van der Waals surface area contributed by atoms with Gasteiger partial charge in [-0.2, -0.15) is 13.2 Å². The van der Waals surface area contributed by atoms with Gasteiger partial charge in [-0.3, -0.25) is 19.4 Å². The SMILES string of the molecule is CCS(=O)(=O)c1ccc(Cl)cc1CNC(=O)c1ccc(CN2CCC[C@H](NC(=O)C(C)(C)N3CCCCC3)C2)c(C(F)(F)F)c1. The molecule has 248 valence electrons. The van der Waals surface area contributed by atoms with Gasteiger partial charge in [-0.05, 0) is 101 Å². The topological polar surface area (TPSA) is 98.8 Å². The van der Waals surface area contributed by atoms with Crippen molar-refractivity contribution in [3.8, 4) is 0 Å². The third-order valence-electron chi connectivity index (χ3n) is 8.79. The van der Waals surface area contributed by atoms with Crippen molar-refractivity contribution in [2.75, 3.05) is 31.9 Å². The summed E-state index contributed by atoms with van der Waals surface area (Å²) in [7, 11) is -3.62. The summed E-state index contributed by atoms with van der Waals surface area (Å²) in [6, 6.07) is 7.50. The molecule has 4 rings (SSSR count). The van der Waals surface area contributed by atoms with Gasteiger partial charge < -0.3 is 10.6 Å². The van der Waals surface area contributed by atoms with Gasteiger partial charge in [-0.25, -0.2) is 8.42 Å². The van der Waals surface area contributed by atoms with Gasteiger partial charge in [0, 0.05) is 36.3 Å². The highest BCUT2D eigenvalue weighted by molar-refractivity contribution is 7.91. The molecule has 8 nitrogen and oxygen atoms in total. The van der Waals surface area contributed by atoms with Crippen molar-refractivity contribution in [1.29, 1.82) is 0 Å². The molecule has 2 N–H and O–H groups in total. The Morgan fingerprint density at radius 2 is 1.69 bits per heavy atom. The summed E-state index contributed by atoms with van der Waals surface area (Å²) in [5.41, 5.74) is -1.50. The van der Waals surface area contributed by atoms with E-state index in [2.05, 4.69) is 15.5 Å². The van der Waals surface area contributed by atoms with E-state index >= 15 is 0 Å². The van der Waals surface area contributed by atoms with E-state index in [1.165, 1.54) is 37.3 Å². The Morgan fingerprint density at radius 3 is 2.36 bits per heavy atom. The van der Waals surface area contributed by atoms with Crippen molar-refractivity contribution in [3.63, 3.8) is 0 Å². The lowest BCUT2D eigenvalue weighted by Gasteiger charge is -2.41. The predicted molar refractivity (Wildman–Crippen MR) is 168 cm³/mol. The van der Waals surface area contributed by atoms with E-state index in [1.54, 1.807) is 0 Å². The molecule has 13 heteroatoms. The molecular formula is C32H42ClF3N4O4S. The minimum atomic E-state index is -4.71. The van der Waals surface area contributed by atoms with Gasteiger partial charge in [0.1, 0.15) is 0 Å². The molecule has 0 aromatic heterocycles. The third-order valence-corrected chi connectivity index (χ3v) is 10.9. The lowest BCUT2D eigenvalue weighted by atomic mass is 9.96. The first-order valence-electron chi connectivity index (χ1n) is 15.4. The van der Waals surface area contributed by atoms with E-state index in [-0.39, 0.29) is 57.4 Å². The molecule has 2 fully saturated rings. The molecule has 2 aromatic rings. The Kier molecular flexibility index (Phi) is 11.3. The molecule has 2 amide bonds. The lowest BCUT2D eigenvalue weighted by Crippen LogP contribution is -2.59. The first-order valence-corrected chi connectivity index (χ1v) is 17.4. The number of piperidine rings is 2. The van der Waals surface area contributed by atoms with Gasteiger partial charge in [0.25, 0.3) is 5.91 Å². The zero-order valence-corrected chi connectivity index (χ0v) is 27.5. The van der Waals surface area contributed by atoms with Crippen LogP contribution in [0.4, 0.5) is 13.2 Å². The second-order valence-corrected chi connectivity index (χ2v) is 15.0. The van der Waals surface area contributed by atoms with Gasteiger partial charge in [0.15, 0.2) is 9.84 Å². The number of hydrogen-bond acceptors (Lipinski definition) is 6. The van der Waals surface area contributed by atoms with Crippen LogP contribution in [-0.2, 0) is 33.9 Å². The van der Waals surface area contributed by atoms with Gasteiger partial charge in [0.2, 0.25) is 5.91 Å². The number of alkyl halides is 3. The van der Waals surface area contributed by atoms with Gasteiger partial charge >= 0.3 is 6.18 Å². The Bertz CT molecular complexity index is 1490. The fraction of sp³-hybridized carbons (Fsp3) is 0.562. The number of benzene rings is 2. The van der Waals surface area contributed by atoms with Crippen LogP contribution in [0.1, 0.15) is 79.9 Å². The molecule has 2 aliphatic heterocycles. The number of halogens is 4. The Morgan fingerprint density at radius 1 is 0.978 bits per heavy atom. The highest BCUT2D eigenvalue weighted by Crippen LogP contribution is 2.34. The fourth-order valence-corrected chi connectivity index (χ4v) is 7.37. The quantitative estimate of drug-likeness (QED) is 0.350. The maximum absolute atomic E-state index is 14.2. The van der Waals surface area contributed by atoms with Crippen LogP contribution >= 0.6 is 11.6 Å². The van der Waals surface area contributed by atoms with Crippen LogP contribution in [0.15, 0.2) is 41.3 Å². The number of carbonyl (C=O) groups is 2. The molecular weight excluding hydrogens is 629 g/mol. The highest BCUT2D eigenvalue weighted by atomic mass is 35.5. The molecule has 0 spiro atoms.